The van der Waals surface area contributed by atoms with Crippen molar-refractivity contribution in [3.63, 3.8) is 0 Å². The van der Waals surface area contributed by atoms with E-state index in [-0.39, 0.29) is 5.60 Å². The van der Waals surface area contributed by atoms with E-state index in [0.29, 0.717) is 6.61 Å². The molecule has 0 spiro atoms. The molecule has 0 heterocycles. The number of terminal acetylenes is 1. The second kappa shape index (κ2) is 6.50. The smallest absolute Gasteiger partial charge is 0.309 e. The predicted molar refractivity (Wildman–Crippen MR) is 48.3 cm³/mol. The number of hydrogen-bond donors (Lipinski definition) is 2. The van der Waals surface area contributed by atoms with Gasteiger partial charge in [0.2, 0.25) is 0 Å². The van der Waals surface area contributed by atoms with Crippen LogP contribution in [-0.4, -0.2) is 18.2 Å². The average molecular weight is 172 g/mol. The van der Waals surface area contributed by atoms with Crippen molar-refractivity contribution in [2.24, 2.45) is 11.5 Å². The van der Waals surface area contributed by atoms with Crippen molar-refractivity contribution >= 4 is 6.03 Å². The maximum atomic E-state index is 9.00. The third-order valence-electron chi connectivity index (χ3n) is 0.589. The zero-order valence-corrected chi connectivity index (χ0v) is 7.76. The summed E-state index contributed by atoms with van der Waals surface area (Å²) in [6, 6.07) is -0.833. The van der Waals surface area contributed by atoms with Gasteiger partial charge in [0, 0.05) is 0 Å². The SMILES string of the molecule is C#CCOC(C)(C)C.NC(N)=O. The van der Waals surface area contributed by atoms with E-state index in [1.165, 1.54) is 0 Å². The fraction of sp³-hybridized carbons (Fsp3) is 0.625. The highest BCUT2D eigenvalue weighted by Crippen LogP contribution is 2.04. The normalized spacial score (nSPS) is 9.17. The largest absolute Gasteiger partial charge is 0.363 e. The first-order valence-corrected chi connectivity index (χ1v) is 3.42. The van der Waals surface area contributed by atoms with E-state index in [1.807, 2.05) is 20.8 Å². The Kier molecular flexibility index (Phi) is 7.25. The van der Waals surface area contributed by atoms with Crippen molar-refractivity contribution in [2.75, 3.05) is 6.61 Å². The Bertz CT molecular complexity index is 161. The minimum atomic E-state index is -0.833. The molecule has 2 amide bonds. The highest BCUT2D eigenvalue weighted by atomic mass is 16.5. The molecule has 0 saturated carbocycles. The zero-order chi connectivity index (χ0) is 10.2. The highest BCUT2D eigenvalue weighted by molar-refractivity contribution is 5.69. The summed E-state index contributed by atoms with van der Waals surface area (Å²) in [6.45, 7) is 6.34. The molecule has 0 rings (SSSR count). The van der Waals surface area contributed by atoms with E-state index in [1.54, 1.807) is 0 Å². The summed E-state index contributed by atoms with van der Waals surface area (Å²) in [5, 5.41) is 0. The highest BCUT2D eigenvalue weighted by Gasteiger charge is 2.07. The van der Waals surface area contributed by atoms with Crippen molar-refractivity contribution in [2.45, 2.75) is 26.4 Å². The molecular weight excluding hydrogens is 156 g/mol. The number of urea groups is 1. The van der Waals surface area contributed by atoms with E-state index in [4.69, 9.17) is 16.0 Å². The van der Waals surface area contributed by atoms with Crippen LogP contribution in [0.2, 0.25) is 0 Å². The first-order chi connectivity index (χ1) is 5.29. The lowest BCUT2D eigenvalue weighted by molar-refractivity contribution is 0.0182. The second-order valence-electron chi connectivity index (χ2n) is 3.01. The van der Waals surface area contributed by atoms with E-state index < -0.39 is 6.03 Å². The Hall–Kier alpha value is -1.21. The Morgan fingerprint density at radius 1 is 1.50 bits per heavy atom. The van der Waals surface area contributed by atoms with Crippen LogP contribution in [0.1, 0.15) is 20.8 Å². The van der Waals surface area contributed by atoms with Gasteiger partial charge in [0.15, 0.2) is 0 Å². The summed E-state index contributed by atoms with van der Waals surface area (Å²) in [5.41, 5.74) is 8.41. The van der Waals surface area contributed by atoms with Gasteiger partial charge in [-0.15, -0.1) is 6.42 Å². The molecule has 0 saturated heterocycles. The monoisotopic (exact) mass is 172 g/mol. The van der Waals surface area contributed by atoms with Gasteiger partial charge in [0.05, 0.1) is 5.60 Å². The van der Waals surface area contributed by atoms with Crippen LogP contribution in [-0.2, 0) is 4.74 Å². The number of nitrogens with two attached hydrogens (primary N) is 2. The van der Waals surface area contributed by atoms with E-state index in [0.717, 1.165) is 0 Å². The van der Waals surface area contributed by atoms with Gasteiger partial charge in [-0.3, -0.25) is 0 Å². The fourth-order valence-corrected chi connectivity index (χ4v) is 0.258. The molecule has 0 fully saturated rings. The molecule has 70 valence electrons. The molecule has 0 aromatic carbocycles. The molecule has 0 radical (unpaired) electrons. The molecular formula is C8H16N2O2. The van der Waals surface area contributed by atoms with E-state index in [9.17, 15) is 0 Å². The lowest BCUT2D eigenvalue weighted by Gasteiger charge is -2.16. The third-order valence-corrected chi connectivity index (χ3v) is 0.589. The molecule has 0 aromatic heterocycles. The van der Waals surface area contributed by atoms with Gasteiger partial charge in [0.25, 0.3) is 0 Å². The van der Waals surface area contributed by atoms with Crippen LogP contribution < -0.4 is 11.5 Å². The standard InChI is InChI=1S/C7H12O.CH4N2O/c1-5-6-8-7(2,3)4;2-1(3)4/h1H,6H2,2-4H3;(H4,2,3,4). The fourth-order valence-electron chi connectivity index (χ4n) is 0.258. The van der Waals surface area contributed by atoms with E-state index in [2.05, 4.69) is 17.4 Å². The number of ether oxygens (including phenoxy) is 1. The Morgan fingerprint density at radius 3 is 1.92 bits per heavy atom. The summed E-state index contributed by atoms with van der Waals surface area (Å²) >= 11 is 0. The van der Waals surface area contributed by atoms with Gasteiger partial charge in [-0.2, -0.15) is 0 Å². The second-order valence-corrected chi connectivity index (χ2v) is 3.01. The van der Waals surface area contributed by atoms with Crippen LogP contribution in [0.3, 0.4) is 0 Å². The zero-order valence-electron chi connectivity index (χ0n) is 7.76. The maximum absolute atomic E-state index is 9.00. The Morgan fingerprint density at radius 2 is 1.83 bits per heavy atom. The Labute approximate surface area is 73.3 Å². The number of hydrogen-bond acceptors (Lipinski definition) is 2. The summed E-state index contributed by atoms with van der Waals surface area (Å²) in [4.78, 5) is 9.00. The predicted octanol–water partition coefficient (Wildman–Crippen LogP) is 0.459. The quantitative estimate of drug-likeness (QED) is 0.563. The topological polar surface area (TPSA) is 78.3 Å². The molecule has 0 aromatic rings. The lowest BCUT2D eigenvalue weighted by atomic mass is 10.2. The van der Waals surface area contributed by atoms with Crippen LogP contribution in [0, 0.1) is 12.3 Å². The molecule has 4 heteroatoms. The molecule has 0 aliphatic rings. The van der Waals surface area contributed by atoms with Crippen LogP contribution in [0.5, 0.6) is 0 Å². The van der Waals surface area contributed by atoms with Gasteiger partial charge in [0.1, 0.15) is 6.61 Å². The van der Waals surface area contributed by atoms with Gasteiger partial charge in [-0.1, -0.05) is 5.92 Å². The minimum Gasteiger partial charge on any atom is -0.363 e. The molecule has 0 bridgehead atoms. The molecule has 0 atom stereocenters. The number of primary amides is 2. The van der Waals surface area contributed by atoms with Crippen LogP contribution in [0.25, 0.3) is 0 Å². The summed E-state index contributed by atoms with van der Waals surface area (Å²) in [7, 11) is 0. The molecule has 0 aliphatic carbocycles. The number of carbonyl (C=O) groups excluding carboxylic acids is 1. The van der Waals surface area contributed by atoms with Crippen LogP contribution in [0.4, 0.5) is 4.79 Å². The molecule has 12 heavy (non-hydrogen) atoms. The summed E-state index contributed by atoms with van der Waals surface area (Å²) in [5.74, 6) is 2.40. The van der Waals surface area contributed by atoms with Crippen molar-refractivity contribution in [1.82, 2.24) is 0 Å². The summed E-state index contributed by atoms with van der Waals surface area (Å²) < 4.78 is 5.14. The number of rotatable bonds is 1. The third kappa shape index (κ3) is 37.1. The number of carbonyl (C=O) groups is 1. The Balaban J connectivity index is 0. The molecule has 4 N–H and O–H groups in total. The van der Waals surface area contributed by atoms with Crippen LogP contribution in [0.15, 0.2) is 0 Å². The van der Waals surface area contributed by atoms with Gasteiger partial charge in [-0.05, 0) is 20.8 Å². The molecule has 0 aliphatic heterocycles. The average Bonchev–Trinajstić information content (AvgIpc) is 1.80. The van der Waals surface area contributed by atoms with Gasteiger partial charge < -0.3 is 16.2 Å². The number of amides is 2. The van der Waals surface area contributed by atoms with Gasteiger partial charge in [-0.25, -0.2) is 4.79 Å². The maximum Gasteiger partial charge on any atom is 0.309 e. The first-order valence-electron chi connectivity index (χ1n) is 3.42. The van der Waals surface area contributed by atoms with Crippen molar-refractivity contribution in [3.05, 3.63) is 0 Å². The summed E-state index contributed by atoms with van der Waals surface area (Å²) in [6.07, 6.45) is 4.96. The first kappa shape index (κ1) is 13.4. The molecule has 0 unspecified atom stereocenters. The minimum absolute atomic E-state index is 0.0909. The van der Waals surface area contributed by atoms with Crippen molar-refractivity contribution in [3.8, 4) is 12.3 Å². The van der Waals surface area contributed by atoms with Gasteiger partial charge >= 0.3 is 6.03 Å². The van der Waals surface area contributed by atoms with Crippen molar-refractivity contribution in [1.29, 1.82) is 0 Å². The van der Waals surface area contributed by atoms with Crippen molar-refractivity contribution < 1.29 is 9.53 Å². The van der Waals surface area contributed by atoms with Crippen LogP contribution >= 0.6 is 0 Å². The van der Waals surface area contributed by atoms with E-state index >= 15 is 0 Å². The lowest BCUT2D eigenvalue weighted by Crippen LogP contribution is -2.18. The molecule has 4 nitrogen and oxygen atoms in total.